The lowest BCUT2D eigenvalue weighted by molar-refractivity contribution is -0.387. The van der Waals surface area contributed by atoms with Gasteiger partial charge in [-0.2, -0.15) is 0 Å². The molecule has 8 nitrogen and oxygen atoms in total. The van der Waals surface area contributed by atoms with Gasteiger partial charge in [-0.25, -0.2) is 4.79 Å². The van der Waals surface area contributed by atoms with Gasteiger partial charge >= 0.3 is 11.9 Å². The zero-order chi connectivity index (χ0) is 15.4. The Balaban J connectivity index is 2.24. The summed E-state index contributed by atoms with van der Waals surface area (Å²) < 4.78 is 9.78. The Morgan fingerprint density at radius 1 is 1.52 bits per heavy atom. The van der Waals surface area contributed by atoms with Crippen molar-refractivity contribution in [2.24, 2.45) is 0 Å². The number of hydrogen-bond donors (Lipinski definition) is 0. The molecule has 0 saturated heterocycles. The summed E-state index contributed by atoms with van der Waals surface area (Å²) in [5, 5.41) is 18.4. The van der Waals surface area contributed by atoms with E-state index in [0.717, 1.165) is 11.8 Å². The Morgan fingerprint density at radius 2 is 2.29 bits per heavy atom. The van der Waals surface area contributed by atoms with Crippen molar-refractivity contribution in [1.29, 1.82) is 0 Å². The van der Waals surface area contributed by atoms with E-state index in [2.05, 4.69) is 10.2 Å². The van der Waals surface area contributed by atoms with Crippen molar-refractivity contribution >= 4 is 35.0 Å². The Bertz CT molecular complexity index is 690. The summed E-state index contributed by atoms with van der Waals surface area (Å²) in [6.45, 7) is 1.81. The van der Waals surface area contributed by atoms with Gasteiger partial charge in [0.1, 0.15) is 0 Å². The molecule has 1 heterocycles. The van der Waals surface area contributed by atoms with Crippen LogP contribution in [0.1, 0.15) is 17.6 Å². The van der Waals surface area contributed by atoms with Crippen molar-refractivity contribution in [3.05, 3.63) is 39.2 Å². The normalized spacial score (nSPS) is 10.4. The van der Waals surface area contributed by atoms with Crippen LogP contribution in [-0.2, 0) is 4.74 Å². The number of nitrogens with zero attached hydrogens (tertiary/aromatic N) is 3. The van der Waals surface area contributed by atoms with Crippen LogP contribution in [-0.4, -0.2) is 27.7 Å². The van der Waals surface area contributed by atoms with Crippen molar-refractivity contribution in [1.82, 2.24) is 10.2 Å². The van der Waals surface area contributed by atoms with Crippen LogP contribution in [0.3, 0.4) is 0 Å². The lowest BCUT2D eigenvalue weighted by Gasteiger charge is -2.00. The first-order chi connectivity index (χ1) is 10.0. The number of ether oxygens (including phenoxy) is 1. The minimum absolute atomic E-state index is 0.0246. The van der Waals surface area contributed by atoms with Crippen LogP contribution in [0.2, 0.25) is 5.02 Å². The van der Waals surface area contributed by atoms with E-state index in [1.54, 1.807) is 6.92 Å². The molecule has 110 valence electrons. The van der Waals surface area contributed by atoms with Crippen LogP contribution >= 0.6 is 23.4 Å². The van der Waals surface area contributed by atoms with E-state index in [9.17, 15) is 14.9 Å². The van der Waals surface area contributed by atoms with Crippen LogP contribution in [0.25, 0.3) is 0 Å². The van der Waals surface area contributed by atoms with E-state index >= 15 is 0 Å². The van der Waals surface area contributed by atoms with Gasteiger partial charge in [0, 0.05) is 11.1 Å². The van der Waals surface area contributed by atoms with E-state index in [1.807, 2.05) is 0 Å². The van der Waals surface area contributed by atoms with E-state index in [-0.39, 0.29) is 28.3 Å². The zero-order valence-electron chi connectivity index (χ0n) is 10.6. The molecule has 1 aromatic carbocycles. The van der Waals surface area contributed by atoms with E-state index in [0.29, 0.717) is 5.02 Å². The standard InChI is InChI=1S/C11H8ClN3O5S/c1-2-19-10(16)9-13-14-11(20-9)21-8-5-6(12)3-4-7(8)15(17)18/h3-5H,2H2,1H3. The summed E-state index contributed by atoms with van der Waals surface area (Å²) in [5.41, 5.74) is -0.153. The summed E-state index contributed by atoms with van der Waals surface area (Å²) in [6, 6.07) is 4.08. The highest BCUT2D eigenvalue weighted by molar-refractivity contribution is 7.99. The van der Waals surface area contributed by atoms with E-state index in [1.165, 1.54) is 18.2 Å². The molecule has 0 radical (unpaired) electrons. The van der Waals surface area contributed by atoms with Crippen LogP contribution < -0.4 is 0 Å². The highest BCUT2D eigenvalue weighted by Crippen LogP contribution is 2.35. The van der Waals surface area contributed by atoms with Gasteiger partial charge in [0.15, 0.2) is 0 Å². The third-order valence-corrected chi connectivity index (χ3v) is 3.29. The predicted molar refractivity (Wildman–Crippen MR) is 72.5 cm³/mol. The fourth-order valence-electron chi connectivity index (χ4n) is 1.34. The van der Waals surface area contributed by atoms with Gasteiger partial charge in [-0.1, -0.05) is 16.7 Å². The van der Waals surface area contributed by atoms with Crippen molar-refractivity contribution in [3.8, 4) is 0 Å². The Labute approximate surface area is 127 Å². The first-order valence-electron chi connectivity index (χ1n) is 5.63. The van der Waals surface area contributed by atoms with Crippen molar-refractivity contribution in [2.45, 2.75) is 17.0 Å². The summed E-state index contributed by atoms with van der Waals surface area (Å²) in [7, 11) is 0. The van der Waals surface area contributed by atoms with Gasteiger partial charge in [0.05, 0.1) is 16.4 Å². The third kappa shape index (κ3) is 3.70. The number of carbonyl (C=O) groups is 1. The minimum atomic E-state index is -0.752. The fraction of sp³-hybridized carbons (Fsp3) is 0.182. The second kappa shape index (κ2) is 6.55. The van der Waals surface area contributed by atoms with Gasteiger partial charge in [-0.3, -0.25) is 10.1 Å². The molecule has 1 aromatic heterocycles. The number of carbonyl (C=O) groups excluding carboxylic acids is 1. The first-order valence-corrected chi connectivity index (χ1v) is 6.83. The average Bonchev–Trinajstić information content (AvgIpc) is 2.87. The molecule has 0 aliphatic carbocycles. The number of halogens is 1. The number of hydrogen-bond acceptors (Lipinski definition) is 8. The van der Waals surface area contributed by atoms with Crippen LogP contribution in [0.4, 0.5) is 5.69 Å². The average molecular weight is 330 g/mol. The van der Waals surface area contributed by atoms with E-state index < -0.39 is 10.9 Å². The molecule has 0 saturated carbocycles. The van der Waals surface area contributed by atoms with Gasteiger partial charge < -0.3 is 9.15 Å². The number of esters is 1. The van der Waals surface area contributed by atoms with Gasteiger partial charge in [-0.15, -0.1) is 5.10 Å². The second-order valence-electron chi connectivity index (χ2n) is 3.56. The molecule has 21 heavy (non-hydrogen) atoms. The molecule has 0 amide bonds. The molecule has 2 aromatic rings. The van der Waals surface area contributed by atoms with Gasteiger partial charge in [-0.05, 0) is 30.8 Å². The molecule has 0 N–H and O–H groups in total. The monoisotopic (exact) mass is 329 g/mol. The Morgan fingerprint density at radius 3 is 2.95 bits per heavy atom. The lowest BCUT2D eigenvalue weighted by Crippen LogP contribution is -2.04. The molecule has 10 heteroatoms. The van der Waals surface area contributed by atoms with E-state index in [4.69, 9.17) is 20.8 Å². The van der Waals surface area contributed by atoms with Gasteiger partial charge in [0.25, 0.3) is 10.9 Å². The summed E-state index contributed by atoms with van der Waals surface area (Å²) >= 11 is 6.65. The number of benzene rings is 1. The summed E-state index contributed by atoms with van der Waals surface area (Å²) in [5.74, 6) is -1.07. The maximum absolute atomic E-state index is 11.4. The number of rotatable bonds is 5. The quantitative estimate of drug-likeness (QED) is 0.468. The van der Waals surface area contributed by atoms with Crippen LogP contribution in [0.15, 0.2) is 32.7 Å². The molecule has 0 unspecified atom stereocenters. The highest BCUT2D eigenvalue weighted by Gasteiger charge is 2.20. The van der Waals surface area contributed by atoms with Crippen molar-refractivity contribution in [3.63, 3.8) is 0 Å². The molecule has 0 fully saturated rings. The minimum Gasteiger partial charge on any atom is -0.459 e. The fourth-order valence-corrected chi connectivity index (χ4v) is 2.40. The van der Waals surface area contributed by atoms with Gasteiger partial charge in [0.2, 0.25) is 0 Å². The molecule has 0 spiro atoms. The predicted octanol–water partition coefficient (Wildman–Crippen LogP) is 2.96. The summed E-state index contributed by atoms with van der Waals surface area (Å²) in [6.07, 6.45) is 0. The molecular weight excluding hydrogens is 322 g/mol. The SMILES string of the molecule is CCOC(=O)c1nnc(Sc2cc(Cl)ccc2[N+](=O)[O-])o1. The summed E-state index contributed by atoms with van der Waals surface area (Å²) in [4.78, 5) is 22.0. The largest absolute Gasteiger partial charge is 0.459 e. The number of nitro groups is 1. The van der Waals surface area contributed by atoms with Crippen molar-refractivity contribution in [2.75, 3.05) is 6.61 Å². The zero-order valence-corrected chi connectivity index (χ0v) is 12.2. The molecule has 0 aliphatic heterocycles. The van der Waals surface area contributed by atoms with Crippen molar-refractivity contribution < 1.29 is 18.9 Å². The van der Waals surface area contributed by atoms with Crippen LogP contribution in [0.5, 0.6) is 0 Å². The number of aromatic nitrogens is 2. The molecule has 2 rings (SSSR count). The maximum Gasteiger partial charge on any atom is 0.396 e. The number of nitro benzene ring substituents is 1. The third-order valence-electron chi connectivity index (χ3n) is 2.17. The Hall–Kier alpha value is -2.13. The molecular formula is C11H8ClN3O5S. The smallest absolute Gasteiger partial charge is 0.396 e. The molecule has 0 aliphatic rings. The first kappa shape index (κ1) is 15.3. The molecule has 0 bridgehead atoms. The topological polar surface area (TPSA) is 108 Å². The highest BCUT2D eigenvalue weighted by atomic mass is 35.5. The maximum atomic E-state index is 11.4. The molecule has 0 atom stereocenters. The Kier molecular flexibility index (Phi) is 4.76. The second-order valence-corrected chi connectivity index (χ2v) is 4.99. The lowest BCUT2D eigenvalue weighted by atomic mass is 10.3. The van der Waals surface area contributed by atoms with Crippen LogP contribution in [0, 0.1) is 10.1 Å².